The lowest BCUT2D eigenvalue weighted by Gasteiger charge is -2.12. The van der Waals surface area contributed by atoms with Crippen LogP contribution in [-0.2, 0) is 4.74 Å². The van der Waals surface area contributed by atoms with Crippen molar-refractivity contribution >= 4 is 23.9 Å². The molecule has 8 heteroatoms. The van der Waals surface area contributed by atoms with Gasteiger partial charge in [-0.1, -0.05) is 35.4 Å². The van der Waals surface area contributed by atoms with Crippen LogP contribution in [0.25, 0.3) is 0 Å². The maximum absolute atomic E-state index is 12.2. The number of carbonyl (C=O) groups is 3. The Labute approximate surface area is 184 Å². The highest BCUT2D eigenvalue weighted by Gasteiger charge is 2.19. The van der Waals surface area contributed by atoms with Crippen molar-refractivity contribution in [1.29, 1.82) is 0 Å². The second-order valence-corrected chi connectivity index (χ2v) is 6.80. The molecule has 3 aromatic carbocycles. The van der Waals surface area contributed by atoms with E-state index in [2.05, 4.69) is 5.32 Å². The molecule has 0 aliphatic heterocycles. The standard InChI is InChI=1S/C24H21NO7/c1-15-4-9-18(10-5-15)30-23(27)25-17-8-13-20(22(26)29-3)21(14-17)32-24(28)31-19-11-6-16(2)7-12-19/h4-14H,1-3H3,(H,25,27). The fraction of sp³-hybridized carbons (Fsp3) is 0.125. The van der Waals surface area contributed by atoms with E-state index in [0.717, 1.165) is 11.1 Å². The molecule has 0 aliphatic rings. The van der Waals surface area contributed by atoms with E-state index in [0.29, 0.717) is 5.75 Å². The van der Waals surface area contributed by atoms with E-state index in [1.807, 2.05) is 13.8 Å². The Kier molecular flexibility index (Phi) is 7.07. The Morgan fingerprint density at radius 1 is 0.719 bits per heavy atom. The minimum atomic E-state index is -1.06. The first-order valence-electron chi connectivity index (χ1n) is 9.58. The lowest BCUT2D eigenvalue weighted by Crippen LogP contribution is -2.18. The highest BCUT2D eigenvalue weighted by Crippen LogP contribution is 2.26. The monoisotopic (exact) mass is 435 g/mol. The van der Waals surface area contributed by atoms with Crippen LogP contribution in [-0.4, -0.2) is 25.3 Å². The van der Waals surface area contributed by atoms with E-state index in [9.17, 15) is 14.4 Å². The van der Waals surface area contributed by atoms with Crippen LogP contribution in [0, 0.1) is 13.8 Å². The van der Waals surface area contributed by atoms with Gasteiger partial charge in [0, 0.05) is 11.8 Å². The van der Waals surface area contributed by atoms with Crippen molar-refractivity contribution in [2.75, 3.05) is 12.4 Å². The topological polar surface area (TPSA) is 100 Å². The first-order valence-corrected chi connectivity index (χ1v) is 9.58. The maximum Gasteiger partial charge on any atom is 0.519 e. The number of carbonyl (C=O) groups excluding carboxylic acids is 3. The van der Waals surface area contributed by atoms with Crippen molar-refractivity contribution in [3.8, 4) is 17.2 Å². The lowest BCUT2D eigenvalue weighted by atomic mass is 10.2. The van der Waals surface area contributed by atoms with Crippen LogP contribution in [0.1, 0.15) is 21.5 Å². The summed E-state index contributed by atoms with van der Waals surface area (Å²) in [6.45, 7) is 3.81. The molecular formula is C24H21NO7. The summed E-state index contributed by atoms with van der Waals surface area (Å²) in [6, 6.07) is 17.8. The first-order chi connectivity index (χ1) is 15.3. The van der Waals surface area contributed by atoms with Gasteiger partial charge in [-0.3, -0.25) is 5.32 Å². The number of esters is 1. The van der Waals surface area contributed by atoms with Gasteiger partial charge in [0.2, 0.25) is 0 Å². The third kappa shape index (κ3) is 6.09. The minimum Gasteiger partial charge on any atom is -0.465 e. The predicted octanol–water partition coefficient (Wildman–Crippen LogP) is 5.28. The van der Waals surface area contributed by atoms with Crippen LogP contribution < -0.4 is 19.5 Å². The number of benzene rings is 3. The SMILES string of the molecule is COC(=O)c1ccc(NC(=O)Oc2ccc(C)cc2)cc1OC(=O)Oc1ccc(C)cc1. The lowest BCUT2D eigenvalue weighted by molar-refractivity contribution is 0.0597. The van der Waals surface area contributed by atoms with Gasteiger partial charge >= 0.3 is 18.2 Å². The second-order valence-electron chi connectivity index (χ2n) is 6.80. The van der Waals surface area contributed by atoms with Gasteiger partial charge in [0.05, 0.1) is 7.11 Å². The molecule has 0 bridgehead atoms. The van der Waals surface area contributed by atoms with Crippen molar-refractivity contribution in [1.82, 2.24) is 0 Å². The predicted molar refractivity (Wildman–Crippen MR) is 116 cm³/mol. The number of nitrogens with one attached hydrogen (secondary N) is 1. The first kappa shape index (κ1) is 22.4. The van der Waals surface area contributed by atoms with E-state index in [1.54, 1.807) is 48.5 Å². The molecule has 1 N–H and O–H groups in total. The summed E-state index contributed by atoms with van der Waals surface area (Å²) in [6.07, 6.45) is -1.81. The molecule has 0 aromatic heterocycles. The normalized spacial score (nSPS) is 10.1. The fourth-order valence-corrected chi connectivity index (χ4v) is 2.63. The average Bonchev–Trinajstić information content (AvgIpc) is 2.76. The summed E-state index contributed by atoms with van der Waals surface area (Å²) >= 11 is 0. The van der Waals surface area contributed by atoms with Gasteiger partial charge < -0.3 is 18.9 Å². The van der Waals surface area contributed by atoms with Crippen molar-refractivity contribution in [3.63, 3.8) is 0 Å². The highest BCUT2D eigenvalue weighted by atomic mass is 16.7. The van der Waals surface area contributed by atoms with Crippen LogP contribution in [0.5, 0.6) is 17.2 Å². The zero-order valence-corrected chi connectivity index (χ0v) is 17.7. The van der Waals surface area contributed by atoms with Gasteiger partial charge in [-0.15, -0.1) is 0 Å². The Bertz CT molecular complexity index is 1120. The molecule has 3 aromatic rings. The number of rotatable bonds is 5. The number of hydrogen-bond donors (Lipinski definition) is 1. The quantitative estimate of drug-likeness (QED) is 0.430. The average molecular weight is 435 g/mol. The largest absolute Gasteiger partial charge is 0.519 e. The molecular weight excluding hydrogens is 414 g/mol. The van der Waals surface area contributed by atoms with Gasteiger partial charge in [-0.25, -0.2) is 14.4 Å². The zero-order valence-electron chi connectivity index (χ0n) is 17.7. The fourth-order valence-electron chi connectivity index (χ4n) is 2.63. The molecule has 1 amide bonds. The molecule has 3 rings (SSSR count). The van der Waals surface area contributed by atoms with Crippen LogP contribution in [0.2, 0.25) is 0 Å². The zero-order chi connectivity index (χ0) is 23.1. The van der Waals surface area contributed by atoms with Crippen molar-refractivity contribution in [2.45, 2.75) is 13.8 Å². The van der Waals surface area contributed by atoms with Crippen LogP contribution in [0.4, 0.5) is 15.3 Å². The van der Waals surface area contributed by atoms with Gasteiger partial charge in [-0.05, 0) is 50.2 Å². The van der Waals surface area contributed by atoms with Crippen molar-refractivity contribution in [3.05, 3.63) is 83.4 Å². The third-order valence-electron chi connectivity index (χ3n) is 4.28. The second kappa shape index (κ2) is 10.1. The number of methoxy groups -OCH3 is 1. The van der Waals surface area contributed by atoms with Gasteiger partial charge in [0.25, 0.3) is 0 Å². The molecule has 164 valence electrons. The van der Waals surface area contributed by atoms with Crippen molar-refractivity contribution in [2.24, 2.45) is 0 Å². The van der Waals surface area contributed by atoms with E-state index < -0.39 is 18.2 Å². The highest BCUT2D eigenvalue weighted by molar-refractivity contribution is 5.95. The summed E-state index contributed by atoms with van der Waals surface area (Å²) in [5, 5.41) is 2.51. The number of aryl methyl sites for hydroxylation is 2. The molecule has 0 saturated heterocycles. The Morgan fingerprint density at radius 2 is 1.28 bits per heavy atom. The molecule has 8 nitrogen and oxygen atoms in total. The summed E-state index contributed by atoms with van der Waals surface area (Å²) in [5.74, 6) is -0.243. The van der Waals surface area contributed by atoms with Crippen molar-refractivity contribution < 1.29 is 33.3 Å². The van der Waals surface area contributed by atoms with Gasteiger partial charge in [-0.2, -0.15) is 0 Å². The maximum atomic E-state index is 12.2. The third-order valence-corrected chi connectivity index (χ3v) is 4.28. The molecule has 0 spiro atoms. The minimum absolute atomic E-state index is 0.0224. The Hall–Kier alpha value is -4.33. The van der Waals surface area contributed by atoms with Crippen LogP contribution in [0.3, 0.4) is 0 Å². The summed E-state index contributed by atoms with van der Waals surface area (Å²) in [4.78, 5) is 36.5. The van der Waals surface area contributed by atoms with Gasteiger partial charge in [0.1, 0.15) is 17.1 Å². The molecule has 0 aliphatic carbocycles. The smallest absolute Gasteiger partial charge is 0.465 e. The number of ether oxygens (including phenoxy) is 4. The molecule has 0 radical (unpaired) electrons. The summed E-state index contributed by atoms with van der Waals surface area (Å²) in [7, 11) is 1.20. The molecule has 0 fully saturated rings. The summed E-state index contributed by atoms with van der Waals surface area (Å²) < 4.78 is 20.3. The van der Waals surface area contributed by atoms with E-state index >= 15 is 0 Å². The van der Waals surface area contributed by atoms with Gasteiger partial charge in [0.15, 0.2) is 5.75 Å². The van der Waals surface area contributed by atoms with E-state index in [1.165, 1.54) is 25.3 Å². The Balaban J connectivity index is 1.74. The van der Waals surface area contributed by atoms with E-state index in [4.69, 9.17) is 18.9 Å². The number of anilines is 1. The van der Waals surface area contributed by atoms with E-state index in [-0.39, 0.29) is 22.7 Å². The van der Waals surface area contributed by atoms with Crippen LogP contribution >= 0.6 is 0 Å². The number of amides is 1. The summed E-state index contributed by atoms with van der Waals surface area (Å²) in [5.41, 5.74) is 2.23. The Morgan fingerprint density at radius 3 is 1.84 bits per heavy atom. The molecule has 0 unspecified atom stereocenters. The molecule has 32 heavy (non-hydrogen) atoms. The number of hydrogen-bond acceptors (Lipinski definition) is 7. The molecule has 0 saturated carbocycles. The van der Waals surface area contributed by atoms with Crippen LogP contribution in [0.15, 0.2) is 66.7 Å². The molecule has 0 atom stereocenters. The molecule has 0 heterocycles.